The lowest BCUT2D eigenvalue weighted by molar-refractivity contribution is 0.977. The number of hydrogen-bond donors (Lipinski definition) is 2. The van der Waals surface area contributed by atoms with Crippen molar-refractivity contribution in [2.24, 2.45) is 0 Å². The maximum atomic E-state index is 5.77. The highest BCUT2D eigenvalue weighted by Gasteiger charge is 2.11. The number of nitrogens with two attached hydrogens (primary N) is 1. The number of H-pyrrole nitrogens is 1. The lowest BCUT2D eigenvalue weighted by atomic mass is 10.1. The molecule has 0 atom stereocenters. The number of aromatic amines is 1. The average Bonchev–Trinajstić information content (AvgIpc) is 2.61. The second kappa shape index (κ2) is 3.49. The number of pyridine rings is 1. The number of rotatable bonds is 2. The molecular formula is C10H12N4. The number of aromatic nitrogens is 3. The van der Waals surface area contributed by atoms with E-state index in [0.29, 0.717) is 5.82 Å². The van der Waals surface area contributed by atoms with Crippen molar-refractivity contribution >= 4 is 5.82 Å². The van der Waals surface area contributed by atoms with Gasteiger partial charge in [0.1, 0.15) is 0 Å². The molecule has 0 radical (unpaired) electrons. The third kappa shape index (κ3) is 1.35. The SMILES string of the molecule is CCc1[nH]nc(N)c1-c1ccccn1. The fourth-order valence-corrected chi connectivity index (χ4v) is 1.45. The normalized spacial score (nSPS) is 10.4. The first kappa shape index (κ1) is 8.74. The van der Waals surface area contributed by atoms with E-state index in [-0.39, 0.29) is 0 Å². The largest absolute Gasteiger partial charge is 0.382 e. The second-order valence-corrected chi connectivity index (χ2v) is 3.03. The van der Waals surface area contributed by atoms with Crippen molar-refractivity contribution in [1.29, 1.82) is 0 Å². The Morgan fingerprint density at radius 2 is 2.29 bits per heavy atom. The molecule has 2 heterocycles. The van der Waals surface area contributed by atoms with Crippen molar-refractivity contribution in [3.05, 3.63) is 30.1 Å². The Hall–Kier alpha value is -1.84. The molecule has 0 aliphatic heterocycles. The predicted molar refractivity (Wildman–Crippen MR) is 55.6 cm³/mol. The van der Waals surface area contributed by atoms with E-state index < -0.39 is 0 Å². The Bertz CT molecular complexity index is 419. The van der Waals surface area contributed by atoms with Crippen LogP contribution in [0.2, 0.25) is 0 Å². The minimum absolute atomic E-state index is 0.514. The molecule has 0 spiro atoms. The molecule has 3 N–H and O–H groups in total. The summed E-state index contributed by atoms with van der Waals surface area (Å²) >= 11 is 0. The Kier molecular flexibility index (Phi) is 2.18. The van der Waals surface area contributed by atoms with Gasteiger partial charge < -0.3 is 5.73 Å². The fraction of sp³-hybridized carbons (Fsp3) is 0.200. The number of nitrogen functional groups attached to an aromatic ring is 1. The monoisotopic (exact) mass is 188 g/mol. The molecule has 0 saturated carbocycles. The molecular weight excluding hydrogens is 176 g/mol. The first-order valence-electron chi connectivity index (χ1n) is 4.57. The summed E-state index contributed by atoms with van der Waals surface area (Å²) in [5.41, 5.74) is 8.59. The van der Waals surface area contributed by atoms with Gasteiger partial charge in [0, 0.05) is 11.9 Å². The van der Waals surface area contributed by atoms with Crippen LogP contribution >= 0.6 is 0 Å². The van der Waals surface area contributed by atoms with Crippen LogP contribution in [0.1, 0.15) is 12.6 Å². The van der Waals surface area contributed by atoms with Gasteiger partial charge in [0.15, 0.2) is 5.82 Å². The zero-order valence-corrected chi connectivity index (χ0v) is 7.99. The van der Waals surface area contributed by atoms with E-state index in [1.54, 1.807) is 6.20 Å². The fourth-order valence-electron chi connectivity index (χ4n) is 1.45. The highest BCUT2D eigenvalue weighted by Crippen LogP contribution is 2.25. The Morgan fingerprint density at radius 3 is 2.93 bits per heavy atom. The zero-order valence-electron chi connectivity index (χ0n) is 7.99. The minimum Gasteiger partial charge on any atom is -0.382 e. The third-order valence-electron chi connectivity index (χ3n) is 2.14. The molecule has 0 amide bonds. The van der Waals surface area contributed by atoms with E-state index in [4.69, 9.17) is 5.73 Å². The molecule has 72 valence electrons. The van der Waals surface area contributed by atoms with Crippen molar-refractivity contribution in [3.63, 3.8) is 0 Å². The molecule has 14 heavy (non-hydrogen) atoms. The van der Waals surface area contributed by atoms with Crippen LogP contribution in [0.5, 0.6) is 0 Å². The van der Waals surface area contributed by atoms with Gasteiger partial charge in [-0.15, -0.1) is 0 Å². The van der Waals surface area contributed by atoms with E-state index in [1.165, 1.54) is 0 Å². The van der Waals surface area contributed by atoms with Gasteiger partial charge in [-0.05, 0) is 18.6 Å². The van der Waals surface area contributed by atoms with E-state index in [1.807, 2.05) is 18.2 Å². The van der Waals surface area contributed by atoms with Crippen molar-refractivity contribution in [1.82, 2.24) is 15.2 Å². The van der Waals surface area contributed by atoms with Crippen LogP contribution in [0, 0.1) is 0 Å². The van der Waals surface area contributed by atoms with Crippen molar-refractivity contribution in [2.75, 3.05) is 5.73 Å². The van der Waals surface area contributed by atoms with Crippen LogP contribution in [0.3, 0.4) is 0 Å². The molecule has 4 nitrogen and oxygen atoms in total. The number of nitrogens with one attached hydrogen (secondary N) is 1. The summed E-state index contributed by atoms with van der Waals surface area (Å²) in [5, 5.41) is 6.88. The van der Waals surface area contributed by atoms with E-state index in [9.17, 15) is 0 Å². The van der Waals surface area contributed by atoms with Gasteiger partial charge in [-0.25, -0.2) is 0 Å². The number of hydrogen-bond acceptors (Lipinski definition) is 3. The molecule has 0 aromatic carbocycles. The van der Waals surface area contributed by atoms with Crippen molar-refractivity contribution < 1.29 is 0 Å². The lowest BCUT2D eigenvalue weighted by Gasteiger charge is -2.00. The smallest absolute Gasteiger partial charge is 0.154 e. The molecule has 2 rings (SSSR count). The summed E-state index contributed by atoms with van der Waals surface area (Å²) in [6.07, 6.45) is 2.62. The Balaban J connectivity index is 2.55. The first-order valence-corrected chi connectivity index (χ1v) is 4.57. The quantitative estimate of drug-likeness (QED) is 0.752. The molecule has 0 fully saturated rings. The summed E-state index contributed by atoms with van der Waals surface area (Å²) in [6, 6.07) is 5.75. The van der Waals surface area contributed by atoms with E-state index >= 15 is 0 Å². The van der Waals surface area contributed by atoms with Crippen LogP contribution in [-0.4, -0.2) is 15.2 Å². The van der Waals surface area contributed by atoms with Crippen LogP contribution in [-0.2, 0) is 6.42 Å². The average molecular weight is 188 g/mol. The molecule has 0 unspecified atom stereocenters. The van der Waals surface area contributed by atoms with Crippen LogP contribution in [0.4, 0.5) is 5.82 Å². The van der Waals surface area contributed by atoms with Crippen LogP contribution in [0.25, 0.3) is 11.3 Å². The number of nitrogens with zero attached hydrogens (tertiary/aromatic N) is 2. The first-order chi connectivity index (χ1) is 6.83. The van der Waals surface area contributed by atoms with Gasteiger partial charge in [-0.1, -0.05) is 13.0 Å². The maximum absolute atomic E-state index is 5.77. The Labute approximate surface area is 82.2 Å². The lowest BCUT2D eigenvalue weighted by Crippen LogP contribution is -1.91. The predicted octanol–water partition coefficient (Wildman–Crippen LogP) is 1.62. The Morgan fingerprint density at radius 1 is 1.43 bits per heavy atom. The van der Waals surface area contributed by atoms with Gasteiger partial charge >= 0.3 is 0 Å². The number of anilines is 1. The van der Waals surface area contributed by atoms with Gasteiger partial charge in [-0.3, -0.25) is 10.1 Å². The summed E-state index contributed by atoms with van der Waals surface area (Å²) in [4.78, 5) is 4.25. The summed E-state index contributed by atoms with van der Waals surface area (Å²) in [6.45, 7) is 2.05. The minimum atomic E-state index is 0.514. The highest BCUT2D eigenvalue weighted by molar-refractivity contribution is 5.73. The molecule has 2 aromatic rings. The van der Waals surface area contributed by atoms with E-state index in [2.05, 4.69) is 22.1 Å². The summed E-state index contributed by atoms with van der Waals surface area (Å²) < 4.78 is 0. The van der Waals surface area contributed by atoms with Crippen molar-refractivity contribution in [3.8, 4) is 11.3 Å². The molecule has 0 aliphatic carbocycles. The zero-order chi connectivity index (χ0) is 9.97. The van der Waals surface area contributed by atoms with Gasteiger partial charge in [-0.2, -0.15) is 5.10 Å². The molecule has 0 saturated heterocycles. The van der Waals surface area contributed by atoms with Gasteiger partial charge in [0.2, 0.25) is 0 Å². The molecule has 0 bridgehead atoms. The van der Waals surface area contributed by atoms with Crippen LogP contribution in [0.15, 0.2) is 24.4 Å². The third-order valence-corrected chi connectivity index (χ3v) is 2.14. The topological polar surface area (TPSA) is 67.6 Å². The van der Waals surface area contributed by atoms with Crippen molar-refractivity contribution in [2.45, 2.75) is 13.3 Å². The van der Waals surface area contributed by atoms with Gasteiger partial charge in [0.05, 0.1) is 11.3 Å². The standard InChI is InChI=1S/C10H12N4/c1-2-7-9(10(11)14-13-7)8-5-3-4-6-12-8/h3-6H,2H2,1H3,(H3,11,13,14). The maximum Gasteiger partial charge on any atom is 0.154 e. The molecule has 2 aromatic heterocycles. The highest BCUT2D eigenvalue weighted by atomic mass is 15.2. The number of aryl methyl sites for hydroxylation is 1. The van der Waals surface area contributed by atoms with E-state index in [0.717, 1.165) is 23.4 Å². The summed E-state index contributed by atoms with van der Waals surface area (Å²) in [5.74, 6) is 0.514. The van der Waals surface area contributed by atoms with Crippen LogP contribution < -0.4 is 5.73 Å². The molecule has 0 aliphatic rings. The van der Waals surface area contributed by atoms with Gasteiger partial charge in [0.25, 0.3) is 0 Å². The summed E-state index contributed by atoms with van der Waals surface area (Å²) in [7, 11) is 0. The molecule has 4 heteroatoms. The second-order valence-electron chi connectivity index (χ2n) is 3.03.